The summed E-state index contributed by atoms with van der Waals surface area (Å²) in [6, 6.07) is 6.33. The summed E-state index contributed by atoms with van der Waals surface area (Å²) in [5, 5.41) is 0. The average molecular weight is 402 g/mol. The van der Waals surface area contributed by atoms with Crippen LogP contribution in [0.25, 0.3) is 0 Å². The molecular weight excluding hydrogens is 374 g/mol. The Kier molecular flexibility index (Phi) is 5.65. The molecule has 146 valence electrons. The Bertz CT molecular complexity index is 827. The molecule has 8 heteroatoms. The van der Waals surface area contributed by atoms with E-state index in [9.17, 15) is 16.8 Å². The molecule has 2 aliphatic rings. The third-order valence-electron chi connectivity index (χ3n) is 5.23. The first-order valence-electron chi connectivity index (χ1n) is 9.15. The second-order valence-electron chi connectivity index (χ2n) is 7.79. The van der Waals surface area contributed by atoms with E-state index in [1.54, 1.807) is 19.1 Å². The maximum Gasteiger partial charge on any atom is 0.241 e. The van der Waals surface area contributed by atoms with Gasteiger partial charge in [0.1, 0.15) is 5.75 Å². The summed E-state index contributed by atoms with van der Waals surface area (Å²) >= 11 is 0. The fraction of sp³-hybridized carbons (Fsp3) is 0.667. The van der Waals surface area contributed by atoms with E-state index in [2.05, 4.69) is 4.72 Å². The topological polar surface area (TPSA) is 89.5 Å². The van der Waals surface area contributed by atoms with Gasteiger partial charge in [0.05, 0.1) is 23.0 Å². The molecule has 0 bridgehead atoms. The number of rotatable bonds is 6. The van der Waals surface area contributed by atoms with Gasteiger partial charge in [0.2, 0.25) is 10.0 Å². The van der Waals surface area contributed by atoms with Crippen LogP contribution in [-0.4, -0.2) is 40.5 Å². The normalized spacial score (nSPS) is 26.7. The lowest BCUT2D eigenvalue weighted by Crippen LogP contribution is -2.46. The first kappa shape index (κ1) is 19.6. The number of sulfone groups is 1. The second-order valence-corrected chi connectivity index (χ2v) is 11.7. The van der Waals surface area contributed by atoms with Gasteiger partial charge in [-0.15, -0.1) is 0 Å². The predicted octanol–water partition coefficient (Wildman–Crippen LogP) is 2.50. The monoisotopic (exact) mass is 401 g/mol. The van der Waals surface area contributed by atoms with Gasteiger partial charge in [-0.05, 0) is 56.4 Å². The predicted molar refractivity (Wildman–Crippen MR) is 101 cm³/mol. The number of hydrogen-bond donors (Lipinski definition) is 1. The molecule has 1 aliphatic heterocycles. The van der Waals surface area contributed by atoms with Crippen LogP contribution in [0.2, 0.25) is 0 Å². The number of ether oxygens (including phenoxy) is 1. The zero-order valence-electron chi connectivity index (χ0n) is 15.1. The van der Waals surface area contributed by atoms with Crippen LogP contribution in [0.15, 0.2) is 29.2 Å². The minimum Gasteiger partial charge on any atom is -0.493 e. The summed E-state index contributed by atoms with van der Waals surface area (Å²) < 4.78 is 56.8. The molecule has 1 N–H and O–H groups in total. The standard InChI is InChI=1S/C18H27NO5S2/c1-18(11-12-25(20,21)14-18)19-26(22,23)17-9-7-16(8-10-17)24-13-15-5-3-2-4-6-15/h7-10,15,19H,2-6,11-14H2,1H3. The van der Waals surface area contributed by atoms with Crippen LogP contribution in [-0.2, 0) is 19.9 Å². The molecule has 1 heterocycles. The summed E-state index contributed by atoms with van der Waals surface area (Å²) in [6.07, 6.45) is 6.49. The fourth-order valence-electron chi connectivity index (χ4n) is 3.76. The molecule has 1 saturated heterocycles. The van der Waals surface area contributed by atoms with E-state index in [1.807, 2.05) is 0 Å². The molecule has 2 fully saturated rings. The Morgan fingerprint density at radius 3 is 2.38 bits per heavy atom. The lowest BCUT2D eigenvalue weighted by atomic mass is 9.90. The molecule has 6 nitrogen and oxygen atoms in total. The maximum absolute atomic E-state index is 12.6. The molecule has 1 aromatic carbocycles. The maximum atomic E-state index is 12.6. The van der Waals surface area contributed by atoms with Gasteiger partial charge in [-0.25, -0.2) is 21.6 Å². The van der Waals surface area contributed by atoms with Gasteiger partial charge in [-0.1, -0.05) is 19.3 Å². The zero-order valence-corrected chi connectivity index (χ0v) is 16.7. The number of sulfonamides is 1. The molecule has 1 saturated carbocycles. The van der Waals surface area contributed by atoms with Crippen molar-refractivity contribution in [3.63, 3.8) is 0 Å². The van der Waals surface area contributed by atoms with Gasteiger partial charge in [-0.2, -0.15) is 0 Å². The Morgan fingerprint density at radius 1 is 1.15 bits per heavy atom. The van der Waals surface area contributed by atoms with Gasteiger partial charge in [0, 0.05) is 5.54 Å². The Balaban J connectivity index is 1.61. The molecule has 1 atom stereocenters. The van der Waals surface area contributed by atoms with Gasteiger partial charge >= 0.3 is 0 Å². The van der Waals surface area contributed by atoms with Gasteiger partial charge in [0.25, 0.3) is 0 Å². The summed E-state index contributed by atoms with van der Waals surface area (Å²) in [4.78, 5) is 0.119. The average Bonchev–Trinajstić information content (AvgIpc) is 2.86. The van der Waals surface area contributed by atoms with Gasteiger partial charge in [0.15, 0.2) is 9.84 Å². The third kappa shape index (κ3) is 4.98. The van der Waals surface area contributed by atoms with E-state index in [4.69, 9.17) is 4.74 Å². The molecule has 1 aromatic rings. The molecule has 0 radical (unpaired) electrons. The van der Waals surface area contributed by atoms with Crippen LogP contribution in [0.3, 0.4) is 0 Å². The lowest BCUT2D eigenvalue weighted by molar-refractivity contribution is 0.209. The van der Waals surface area contributed by atoms with E-state index in [0.29, 0.717) is 18.3 Å². The highest BCUT2D eigenvalue weighted by Gasteiger charge is 2.41. The highest BCUT2D eigenvalue weighted by Crippen LogP contribution is 2.27. The van der Waals surface area contributed by atoms with Crippen molar-refractivity contribution in [1.82, 2.24) is 4.72 Å². The van der Waals surface area contributed by atoms with Crippen molar-refractivity contribution < 1.29 is 21.6 Å². The SMILES string of the molecule is CC1(NS(=O)(=O)c2ccc(OCC3CCCCC3)cc2)CCS(=O)(=O)C1. The minimum atomic E-state index is -3.77. The van der Waals surface area contributed by atoms with Crippen LogP contribution >= 0.6 is 0 Å². The zero-order chi connectivity index (χ0) is 18.8. The Hall–Kier alpha value is -1.12. The molecule has 1 aliphatic carbocycles. The minimum absolute atomic E-state index is 0.0139. The van der Waals surface area contributed by atoms with Crippen molar-refractivity contribution in [2.24, 2.45) is 5.92 Å². The van der Waals surface area contributed by atoms with Crippen LogP contribution in [0.5, 0.6) is 5.75 Å². The molecule has 26 heavy (non-hydrogen) atoms. The molecular formula is C18H27NO5S2. The summed E-state index contributed by atoms with van der Waals surface area (Å²) in [5.74, 6) is 1.09. The number of nitrogens with one attached hydrogen (secondary N) is 1. The summed E-state index contributed by atoms with van der Waals surface area (Å²) in [5.41, 5.74) is -0.951. The van der Waals surface area contributed by atoms with Crippen LogP contribution < -0.4 is 9.46 Å². The Labute approximate surface area is 156 Å². The van der Waals surface area contributed by atoms with Crippen molar-refractivity contribution in [2.75, 3.05) is 18.1 Å². The largest absolute Gasteiger partial charge is 0.493 e. The van der Waals surface area contributed by atoms with Crippen LogP contribution in [0, 0.1) is 5.92 Å². The summed E-state index contributed by atoms with van der Waals surface area (Å²) in [7, 11) is -6.95. The highest BCUT2D eigenvalue weighted by atomic mass is 32.2. The quantitative estimate of drug-likeness (QED) is 0.791. The fourth-order valence-corrected chi connectivity index (χ4v) is 7.38. The van der Waals surface area contributed by atoms with Crippen LogP contribution in [0.4, 0.5) is 0 Å². The van der Waals surface area contributed by atoms with Crippen molar-refractivity contribution in [2.45, 2.75) is 55.9 Å². The van der Waals surface area contributed by atoms with Gasteiger partial charge < -0.3 is 4.74 Å². The first-order valence-corrected chi connectivity index (χ1v) is 12.5. The van der Waals surface area contributed by atoms with E-state index in [-0.39, 0.29) is 22.8 Å². The second kappa shape index (κ2) is 7.48. The number of benzene rings is 1. The van der Waals surface area contributed by atoms with Crippen molar-refractivity contribution in [3.05, 3.63) is 24.3 Å². The van der Waals surface area contributed by atoms with E-state index >= 15 is 0 Å². The van der Waals surface area contributed by atoms with E-state index in [0.717, 1.165) is 0 Å². The molecule has 0 spiro atoms. The van der Waals surface area contributed by atoms with Crippen molar-refractivity contribution in [1.29, 1.82) is 0 Å². The molecule has 0 aromatic heterocycles. The van der Waals surface area contributed by atoms with E-state index in [1.165, 1.54) is 44.2 Å². The molecule has 0 amide bonds. The number of hydrogen-bond acceptors (Lipinski definition) is 5. The highest BCUT2D eigenvalue weighted by molar-refractivity contribution is 7.92. The first-order chi connectivity index (χ1) is 12.2. The third-order valence-corrected chi connectivity index (χ3v) is 8.79. The smallest absolute Gasteiger partial charge is 0.241 e. The molecule has 1 unspecified atom stereocenters. The van der Waals surface area contributed by atoms with Gasteiger partial charge in [-0.3, -0.25) is 0 Å². The van der Waals surface area contributed by atoms with Crippen molar-refractivity contribution in [3.8, 4) is 5.75 Å². The summed E-state index contributed by atoms with van der Waals surface area (Å²) in [6.45, 7) is 2.30. The van der Waals surface area contributed by atoms with E-state index < -0.39 is 25.4 Å². The Morgan fingerprint density at radius 2 is 1.81 bits per heavy atom. The molecule has 3 rings (SSSR count). The lowest BCUT2D eigenvalue weighted by Gasteiger charge is -2.24. The van der Waals surface area contributed by atoms with Crippen molar-refractivity contribution >= 4 is 19.9 Å². The van der Waals surface area contributed by atoms with Crippen LogP contribution in [0.1, 0.15) is 45.4 Å².